The van der Waals surface area contributed by atoms with E-state index in [9.17, 15) is 13.2 Å². The largest absolute Gasteiger partial charge is 0.481 e. The first kappa shape index (κ1) is 13.0. The smallest absolute Gasteiger partial charge is 0.304 e. The average Bonchev–Trinajstić information content (AvgIpc) is 2.59. The fourth-order valence-electron chi connectivity index (χ4n) is 2.22. The van der Waals surface area contributed by atoms with E-state index in [2.05, 4.69) is 0 Å². The molecule has 0 spiro atoms. The van der Waals surface area contributed by atoms with Crippen LogP contribution in [0.15, 0.2) is 29.2 Å². The van der Waals surface area contributed by atoms with E-state index < -0.39 is 15.8 Å². The van der Waals surface area contributed by atoms with Crippen LogP contribution in [0.5, 0.6) is 0 Å². The summed E-state index contributed by atoms with van der Waals surface area (Å²) in [6.45, 7) is 0.337. The van der Waals surface area contributed by atoms with Gasteiger partial charge in [0.1, 0.15) is 0 Å². The molecule has 1 N–H and O–H groups in total. The van der Waals surface area contributed by atoms with Gasteiger partial charge in [0, 0.05) is 6.54 Å². The Labute approximate surface area is 106 Å². The maximum atomic E-state index is 12.0. The van der Waals surface area contributed by atoms with E-state index >= 15 is 0 Å². The Bertz CT molecular complexity index is 567. The standard InChI is InChI=1S/C12H15NO4S/c1-13(7-6-12(14)15)10-8-18(16,17)11-5-3-2-4-9(10)11/h2-5,10H,6-8H2,1H3,(H,14,15). The molecule has 6 heteroatoms. The molecular formula is C12H15NO4S. The summed E-state index contributed by atoms with van der Waals surface area (Å²) in [7, 11) is -1.47. The van der Waals surface area contributed by atoms with Crippen LogP contribution in [0, 0.1) is 0 Å². The van der Waals surface area contributed by atoms with E-state index in [1.165, 1.54) is 0 Å². The third kappa shape index (κ3) is 2.39. The van der Waals surface area contributed by atoms with Crippen LogP contribution in [0.1, 0.15) is 18.0 Å². The lowest BCUT2D eigenvalue weighted by molar-refractivity contribution is -0.137. The van der Waals surface area contributed by atoms with Crippen LogP contribution in [0.2, 0.25) is 0 Å². The highest BCUT2D eigenvalue weighted by Crippen LogP contribution is 2.36. The number of benzene rings is 1. The number of aliphatic carboxylic acids is 1. The van der Waals surface area contributed by atoms with Crippen LogP contribution in [0.25, 0.3) is 0 Å². The van der Waals surface area contributed by atoms with Crippen molar-refractivity contribution in [3.8, 4) is 0 Å². The maximum Gasteiger partial charge on any atom is 0.304 e. The fourth-order valence-corrected chi connectivity index (χ4v) is 4.10. The van der Waals surface area contributed by atoms with Crippen molar-refractivity contribution in [2.45, 2.75) is 17.4 Å². The summed E-state index contributed by atoms with van der Waals surface area (Å²) in [4.78, 5) is 12.7. The first-order valence-electron chi connectivity index (χ1n) is 5.65. The topological polar surface area (TPSA) is 74.7 Å². The minimum atomic E-state index is -3.23. The average molecular weight is 269 g/mol. The number of fused-ring (bicyclic) bond motifs is 1. The second kappa shape index (κ2) is 4.70. The number of hydrogen-bond donors (Lipinski definition) is 1. The van der Waals surface area contributed by atoms with Gasteiger partial charge in [-0.2, -0.15) is 0 Å². The summed E-state index contributed by atoms with van der Waals surface area (Å²) in [5.41, 5.74) is 0.769. The summed E-state index contributed by atoms with van der Waals surface area (Å²) in [5, 5.41) is 8.66. The van der Waals surface area contributed by atoms with Crippen molar-refractivity contribution in [3.05, 3.63) is 29.8 Å². The number of hydrogen-bond acceptors (Lipinski definition) is 4. The highest BCUT2D eigenvalue weighted by molar-refractivity contribution is 7.91. The van der Waals surface area contributed by atoms with Crippen molar-refractivity contribution in [2.24, 2.45) is 0 Å². The van der Waals surface area contributed by atoms with E-state index in [1.807, 2.05) is 0 Å². The lowest BCUT2D eigenvalue weighted by atomic mass is 10.1. The third-order valence-corrected chi connectivity index (χ3v) is 5.00. The number of rotatable bonds is 4. The Morgan fingerprint density at radius 2 is 2.11 bits per heavy atom. The van der Waals surface area contributed by atoms with Gasteiger partial charge in [0.2, 0.25) is 0 Å². The molecule has 1 aliphatic rings. The van der Waals surface area contributed by atoms with Crippen LogP contribution < -0.4 is 0 Å². The van der Waals surface area contributed by atoms with E-state index in [-0.39, 0.29) is 18.2 Å². The van der Waals surface area contributed by atoms with Gasteiger partial charge < -0.3 is 5.11 Å². The minimum Gasteiger partial charge on any atom is -0.481 e. The third-order valence-electron chi connectivity index (χ3n) is 3.20. The number of carbonyl (C=O) groups is 1. The molecule has 1 atom stereocenters. The number of nitrogens with zero attached hydrogens (tertiary/aromatic N) is 1. The predicted molar refractivity (Wildman–Crippen MR) is 66.1 cm³/mol. The number of carboxylic acids is 1. The Hall–Kier alpha value is -1.40. The van der Waals surface area contributed by atoms with E-state index in [0.29, 0.717) is 11.4 Å². The van der Waals surface area contributed by atoms with Gasteiger partial charge >= 0.3 is 5.97 Å². The van der Waals surface area contributed by atoms with Gasteiger partial charge in [-0.05, 0) is 18.7 Å². The predicted octanol–water partition coefficient (Wildman–Crippen LogP) is 0.921. The van der Waals surface area contributed by atoms with Gasteiger partial charge in [-0.15, -0.1) is 0 Å². The molecule has 98 valence electrons. The molecule has 5 nitrogen and oxygen atoms in total. The van der Waals surface area contributed by atoms with Gasteiger partial charge in [-0.3, -0.25) is 9.69 Å². The van der Waals surface area contributed by atoms with Crippen molar-refractivity contribution < 1.29 is 18.3 Å². The molecule has 1 unspecified atom stereocenters. The molecule has 1 aromatic carbocycles. The van der Waals surface area contributed by atoms with Gasteiger partial charge in [-0.1, -0.05) is 18.2 Å². The maximum absolute atomic E-state index is 12.0. The number of carboxylic acid groups (broad SMARTS) is 1. The second-order valence-electron chi connectivity index (χ2n) is 4.46. The fraction of sp³-hybridized carbons (Fsp3) is 0.417. The summed E-state index contributed by atoms with van der Waals surface area (Å²) in [6, 6.07) is 6.66. The summed E-state index contributed by atoms with van der Waals surface area (Å²) >= 11 is 0. The Morgan fingerprint density at radius 1 is 1.44 bits per heavy atom. The van der Waals surface area contributed by atoms with Crippen LogP contribution in [-0.4, -0.2) is 43.7 Å². The van der Waals surface area contributed by atoms with Crippen molar-refractivity contribution in [1.82, 2.24) is 4.90 Å². The summed E-state index contributed by atoms with van der Waals surface area (Å²) in [5.74, 6) is -0.848. The van der Waals surface area contributed by atoms with Crippen LogP contribution in [0.3, 0.4) is 0 Å². The first-order valence-corrected chi connectivity index (χ1v) is 7.31. The zero-order valence-electron chi connectivity index (χ0n) is 10.0. The van der Waals surface area contributed by atoms with E-state index in [1.54, 1.807) is 36.2 Å². The lowest BCUT2D eigenvalue weighted by Crippen LogP contribution is -2.28. The zero-order chi connectivity index (χ0) is 13.3. The molecule has 2 rings (SSSR count). The van der Waals surface area contributed by atoms with E-state index in [0.717, 1.165) is 5.56 Å². The molecule has 0 saturated heterocycles. The summed E-state index contributed by atoms with van der Waals surface area (Å²) < 4.78 is 23.9. The van der Waals surface area contributed by atoms with Crippen molar-refractivity contribution in [1.29, 1.82) is 0 Å². The van der Waals surface area contributed by atoms with Gasteiger partial charge in [0.25, 0.3) is 0 Å². The number of sulfone groups is 1. The summed E-state index contributed by atoms with van der Waals surface area (Å²) in [6.07, 6.45) is 0.00914. The molecule has 0 aliphatic carbocycles. The minimum absolute atomic E-state index is 0.00914. The monoisotopic (exact) mass is 269 g/mol. The highest BCUT2D eigenvalue weighted by atomic mass is 32.2. The highest BCUT2D eigenvalue weighted by Gasteiger charge is 2.36. The Kier molecular flexibility index (Phi) is 3.41. The zero-order valence-corrected chi connectivity index (χ0v) is 10.9. The van der Waals surface area contributed by atoms with Crippen LogP contribution in [0.4, 0.5) is 0 Å². The Balaban J connectivity index is 2.25. The van der Waals surface area contributed by atoms with Crippen molar-refractivity contribution in [2.75, 3.05) is 19.3 Å². The van der Waals surface area contributed by atoms with Gasteiger partial charge in [0.05, 0.1) is 23.1 Å². The van der Waals surface area contributed by atoms with Crippen molar-refractivity contribution >= 4 is 15.8 Å². The molecule has 1 aromatic rings. The van der Waals surface area contributed by atoms with Gasteiger partial charge in [-0.25, -0.2) is 8.42 Å². The van der Waals surface area contributed by atoms with Gasteiger partial charge in [0.15, 0.2) is 9.84 Å². The molecular weight excluding hydrogens is 254 g/mol. The SMILES string of the molecule is CN(CCC(=O)O)C1CS(=O)(=O)c2ccccc21. The van der Waals surface area contributed by atoms with Crippen LogP contribution >= 0.6 is 0 Å². The molecule has 0 aromatic heterocycles. The lowest BCUT2D eigenvalue weighted by Gasteiger charge is -2.23. The molecule has 0 amide bonds. The molecule has 0 bridgehead atoms. The Morgan fingerprint density at radius 3 is 2.78 bits per heavy atom. The molecule has 1 aliphatic heterocycles. The van der Waals surface area contributed by atoms with E-state index in [4.69, 9.17) is 5.11 Å². The quantitative estimate of drug-likeness (QED) is 0.879. The molecule has 1 heterocycles. The molecule has 0 saturated carbocycles. The molecule has 18 heavy (non-hydrogen) atoms. The van der Waals surface area contributed by atoms with Crippen LogP contribution in [-0.2, 0) is 14.6 Å². The second-order valence-corrected chi connectivity index (χ2v) is 6.46. The van der Waals surface area contributed by atoms with Crippen molar-refractivity contribution in [3.63, 3.8) is 0 Å². The molecule has 0 fully saturated rings. The molecule has 0 radical (unpaired) electrons. The first-order chi connectivity index (χ1) is 8.42. The normalized spacial score (nSPS) is 20.9.